The van der Waals surface area contributed by atoms with E-state index in [1.807, 2.05) is 30.3 Å². The standard InChI is InChI=1S/C23H29N3O2/c1-3-25(4-2)17-19-11-6-5-10-18(19)16-24-23(28)20-12-7-8-13-21(20)26-15-9-14-22(26)27/h5-8,10-13H,3-4,9,14-17H2,1-2H3,(H,24,28). The Labute approximate surface area is 167 Å². The first-order valence-electron chi connectivity index (χ1n) is 10.1. The molecule has 2 aromatic carbocycles. The zero-order valence-electron chi connectivity index (χ0n) is 16.8. The first-order valence-corrected chi connectivity index (χ1v) is 10.1. The molecule has 2 aromatic rings. The Morgan fingerprint density at radius 1 is 1.04 bits per heavy atom. The molecule has 5 heteroatoms. The Morgan fingerprint density at radius 2 is 1.71 bits per heavy atom. The summed E-state index contributed by atoms with van der Waals surface area (Å²) in [5, 5.41) is 3.05. The van der Waals surface area contributed by atoms with Crippen molar-refractivity contribution in [3.8, 4) is 0 Å². The van der Waals surface area contributed by atoms with E-state index in [1.54, 1.807) is 11.0 Å². The smallest absolute Gasteiger partial charge is 0.253 e. The highest BCUT2D eigenvalue weighted by molar-refractivity contribution is 6.05. The maximum absolute atomic E-state index is 12.9. The molecule has 1 heterocycles. The van der Waals surface area contributed by atoms with Crippen LogP contribution in [0.4, 0.5) is 5.69 Å². The monoisotopic (exact) mass is 379 g/mol. The van der Waals surface area contributed by atoms with Crippen LogP contribution in [0, 0.1) is 0 Å². The molecule has 0 radical (unpaired) electrons. The van der Waals surface area contributed by atoms with Crippen molar-refractivity contribution in [2.24, 2.45) is 0 Å². The average molecular weight is 380 g/mol. The lowest BCUT2D eigenvalue weighted by Gasteiger charge is -2.21. The lowest BCUT2D eigenvalue weighted by Crippen LogP contribution is -2.30. The van der Waals surface area contributed by atoms with Crippen LogP contribution in [0.2, 0.25) is 0 Å². The number of benzene rings is 2. The highest BCUT2D eigenvalue weighted by Gasteiger charge is 2.25. The minimum Gasteiger partial charge on any atom is -0.348 e. The van der Waals surface area contributed by atoms with E-state index in [-0.39, 0.29) is 11.8 Å². The number of amides is 2. The summed E-state index contributed by atoms with van der Waals surface area (Å²) in [5.74, 6) is -0.0576. The lowest BCUT2D eigenvalue weighted by atomic mass is 10.1. The van der Waals surface area contributed by atoms with Gasteiger partial charge >= 0.3 is 0 Å². The minimum absolute atomic E-state index is 0.0878. The number of rotatable bonds is 8. The van der Waals surface area contributed by atoms with Crippen molar-refractivity contribution in [1.29, 1.82) is 0 Å². The predicted molar refractivity (Wildman–Crippen MR) is 112 cm³/mol. The molecule has 0 aromatic heterocycles. The van der Waals surface area contributed by atoms with Crippen LogP contribution in [0.25, 0.3) is 0 Å². The molecule has 0 bridgehead atoms. The van der Waals surface area contributed by atoms with E-state index in [1.165, 1.54) is 5.56 Å². The Kier molecular flexibility index (Phi) is 6.82. The fourth-order valence-electron chi connectivity index (χ4n) is 3.65. The lowest BCUT2D eigenvalue weighted by molar-refractivity contribution is -0.117. The molecule has 148 valence electrons. The number of nitrogens with zero attached hydrogens (tertiary/aromatic N) is 2. The molecule has 1 N–H and O–H groups in total. The van der Waals surface area contributed by atoms with Gasteiger partial charge in [-0.25, -0.2) is 0 Å². The molecule has 5 nitrogen and oxygen atoms in total. The molecule has 0 unspecified atom stereocenters. The van der Waals surface area contributed by atoms with Crippen LogP contribution < -0.4 is 10.2 Å². The van der Waals surface area contributed by atoms with Gasteiger partial charge in [0.25, 0.3) is 5.91 Å². The van der Waals surface area contributed by atoms with Crippen molar-refractivity contribution in [2.75, 3.05) is 24.5 Å². The Balaban J connectivity index is 1.73. The van der Waals surface area contributed by atoms with Crippen molar-refractivity contribution in [3.05, 3.63) is 65.2 Å². The number of hydrogen-bond donors (Lipinski definition) is 1. The molecule has 1 saturated heterocycles. The number of nitrogens with one attached hydrogen (secondary N) is 1. The number of anilines is 1. The first-order chi connectivity index (χ1) is 13.6. The van der Waals surface area contributed by atoms with Crippen molar-refractivity contribution >= 4 is 17.5 Å². The third-order valence-electron chi connectivity index (χ3n) is 5.36. The third kappa shape index (κ3) is 4.60. The van der Waals surface area contributed by atoms with Gasteiger partial charge in [0.2, 0.25) is 5.91 Å². The van der Waals surface area contributed by atoms with Gasteiger partial charge in [0.15, 0.2) is 0 Å². The van der Waals surface area contributed by atoms with Crippen LogP contribution in [-0.4, -0.2) is 36.3 Å². The van der Waals surface area contributed by atoms with Gasteiger partial charge in [-0.1, -0.05) is 50.2 Å². The SMILES string of the molecule is CCN(CC)Cc1ccccc1CNC(=O)c1ccccc1N1CCCC1=O. The molecule has 3 rings (SSSR count). The van der Waals surface area contributed by atoms with Gasteiger partial charge < -0.3 is 10.2 Å². The van der Waals surface area contributed by atoms with Gasteiger partial charge in [-0.05, 0) is 42.8 Å². The minimum atomic E-state index is -0.145. The molecular formula is C23H29N3O2. The van der Waals surface area contributed by atoms with E-state index in [0.29, 0.717) is 30.8 Å². The van der Waals surface area contributed by atoms with Crippen LogP contribution in [0.3, 0.4) is 0 Å². The zero-order valence-corrected chi connectivity index (χ0v) is 16.8. The number of hydrogen-bond acceptors (Lipinski definition) is 3. The van der Waals surface area contributed by atoms with Crippen LogP contribution in [0.1, 0.15) is 48.2 Å². The fourth-order valence-corrected chi connectivity index (χ4v) is 3.65. The summed E-state index contributed by atoms with van der Waals surface area (Å²) >= 11 is 0. The Morgan fingerprint density at radius 3 is 2.39 bits per heavy atom. The summed E-state index contributed by atoms with van der Waals surface area (Å²) in [6.07, 6.45) is 1.39. The van der Waals surface area contributed by atoms with Crippen LogP contribution in [0.5, 0.6) is 0 Å². The van der Waals surface area contributed by atoms with Gasteiger partial charge in [0.1, 0.15) is 0 Å². The molecule has 0 aliphatic carbocycles. The van der Waals surface area contributed by atoms with E-state index in [2.05, 4.69) is 36.2 Å². The van der Waals surface area contributed by atoms with Crippen molar-refractivity contribution in [1.82, 2.24) is 10.2 Å². The normalized spacial score (nSPS) is 14.0. The summed E-state index contributed by atoms with van der Waals surface area (Å²) in [6, 6.07) is 15.6. The predicted octanol–water partition coefficient (Wildman–Crippen LogP) is 3.59. The topological polar surface area (TPSA) is 52.7 Å². The second-order valence-electron chi connectivity index (χ2n) is 7.08. The third-order valence-corrected chi connectivity index (χ3v) is 5.36. The highest BCUT2D eigenvalue weighted by atomic mass is 16.2. The summed E-state index contributed by atoms with van der Waals surface area (Å²) in [4.78, 5) is 29.1. The van der Waals surface area contributed by atoms with E-state index >= 15 is 0 Å². The molecule has 0 spiro atoms. The average Bonchev–Trinajstić information content (AvgIpc) is 3.16. The van der Waals surface area contributed by atoms with E-state index in [4.69, 9.17) is 0 Å². The maximum Gasteiger partial charge on any atom is 0.253 e. The van der Waals surface area contributed by atoms with Gasteiger partial charge in [-0.3, -0.25) is 14.5 Å². The number of carbonyl (C=O) groups is 2. The molecule has 0 atom stereocenters. The molecular weight excluding hydrogens is 350 g/mol. The molecule has 0 saturated carbocycles. The fraction of sp³-hybridized carbons (Fsp3) is 0.391. The second kappa shape index (κ2) is 9.51. The van der Waals surface area contributed by atoms with Crippen molar-refractivity contribution < 1.29 is 9.59 Å². The quantitative estimate of drug-likeness (QED) is 0.763. The molecule has 28 heavy (non-hydrogen) atoms. The maximum atomic E-state index is 12.9. The number of carbonyl (C=O) groups excluding carboxylic acids is 2. The summed E-state index contributed by atoms with van der Waals surface area (Å²) in [7, 11) is 0. The zero-order chi connectivity index (χ0) is 19.9. The summed E-state index contributed by atoms with van der Waals surface area (Å²) in [5.41, 5.74) is 3.62. The molecule has 1 aliphatic rings. The van der Waals surface area contributed by atoms with Gasteiger partial charge in [-0.2, -0.15) is 0 Å². The largest absolute Gasteiger partial charge is 0.348 e. The highest BCUT2D eigenvalue weighted by Crippen LogP contribution is 2.25. The van der Waals surface area contributed by atoms with Crippen molar-refractivity contribution in [3.63, 3.8) is 0 Å². The molecule has 1 aliphatic heterocycles. The van der Waals surface area contributed by atoms with Gasteiger partial charge in [0, 0.05) is 26.1 Å². The number of para-hydroxylation sites is 1. The Bertz CT molecular complexity index is 830. The summed E-state index contributed by atoms with van der Waals surface area (Å²) < 4.78 is 0. The summed E-state index contributed by atoms with van der Waals surface area (Å²) in [6.45, 7) is 8.32. The molecule has 1 fully saturated rings. The van der Waals surface area contributed by atoms with Crippen molar-refractivity contribution in [2.45, 2.75) is 39.8 Å². The second-order valence-corrected chi connectivity index (χ2v) is 7.08. The Hall–Kier alpha value is -2.66. The van der Waals surface area contributed by atoms with E-state index in [0.717, 1.165) is 31.6 Å². The van der Waals surface area contributed by atoms with Crippen LogP contribution in [0.15, 0.2) is 48.5 Å². The molecule has 2 amide bonds. The van der Waals surface area contributed by atoms with Crippen LogP contribution >= 0.6 is 0 Å². The van der Waals surface area contributed by atoms with Gasteiger partial charge in [-0.15, -0.1) is 0 Å². The first kappa shape index (κ1) is 20.1. The van der Waals surface area contributed by atoms with Gasteiger partial charge in [0.05, 0.1) is 11.3 Å². The van der Waals surface area contributed by atoms with E-state index in [9.17, 15) is 9.59 Å². The van der Waals surface area contributed by atoms with E-state index < -0.39 is 0 Å². The van der Waals surface area contributed by atoms with Crippen LogP contribution in [-0.2, 0) is 17.9 Å².